The first-order valence-corrected chi connectivity index (χ1v) is 11.4. The van der Waals surface area contributed by atoms with Crippen LogP contribution < -0.4 is 5.32 Å². The summed E-state index contributed by atoms with van der Waals surface area (Å²) >= 11 is 0. The molecule has 1 saturated heterocycles. The van der Waals surface area contributed by atoms with Gasteiger partial charge in [0.05, 0.1) is 17.1 Å². The first-order chi connectivity index (χ1) is 16.0. The lowest BCUT2D eigenvalue weighted by Crippen LogP contribution is -2.34. The molecular formula is C26H31N5O2. The zero-order valence-electron chi connectivity index (χ0n) is 19.3. The van der Waals surface area contributed by atoms with Crippen LogP contribution in [0.2, 0.25) is 0 Å². The van der Waals surface area contributed by atoms with E-state index >= 15 is 0 Å². The van der Waals surface area contributed by atoms with Gasteiger partial charge in [-0.1, -0.05) is 36.9 Å². The van der Waals surface area contributed by atoms with Crippen molar-refractivity contribution in [2.24, 2.45) is 0 Å². The molecule has 1 aromatic heterocycles. The Morgan fingerprint density at radius 3 is 2.67 bits per heavy atom. The van der Waals surface area contributed by atoms with Crippen LogP contribution in [0.4, 0.5) is 5.95 Å². The Morgan fingerprint density at radius 1 is 1.15 bits per heavy atom. The van der Waals surface area contributed by atoms with Crippen molar-refractivity contribution in [2.45, 2.75) is 31.8 Å². The second-order valence-corrected chi connectivity index (χ2v) is 8.79. The molecule has 7 heteroatoms. The number of carbonyl (C=O) groups excluding carboxylic acids is 2. The maximum absolute atomic E-state index is 13.0. The molecule has 0 bridgehead atoms. The van der Waals surface area contributed by atoms with Gasteiger partial charge in [0.25, 0.3) is 5.91 Å². The normalized spacial score (nSPS) is 16.6. The van der Waals surface area contributed by atoms with Gasteiger partial charge in [0.15, 0.2) is 0 Å². The fourth-order valence-electron chi connectivity index (χ4n) is 4.55. The zero-order valence-corrected chi connectivity index (χ0v) is 19.3. The second kappa shape index (κ2) is 10.0. The molecule has 172 valence electrons. The van der Waals surface area contributed by atoms with Gasteiger partial charge >= 0.3 is 0 Å². The summed E-state index contributed by atoms with van der Waals surface area (Å²) in [7, 11) is 4.07. The Hall–Kier alpha value is -3.45. The number of likely N-dealkylation sites (tertiary alicyclic amines) is 1. The average molecular weight is 446 g/mol. The lowest BCUT2D eigenvalue weighted by atomic mass is 10.1. The smallest absolute Gasteiger partial charge is 0.257 e. The number of rotatable bonds is 6. The number of para-hydroxylation sites is 1. The summed E-state index contributed by atoms with van der Waals surface area (Å²) in [6.07, 6.45) is 4.22. The van der Waals surface area contributed by atoms with Crippen molar-refractivity contribution in [3.8, 4) is 0 Å². The van der Waals surface area contributed by atoms with Crippen molar-refractivity contribution < 1.29 is 9.59 Å². The highest BCUT2D eigenvalue weighted by atomic mass is 16.2. The van der Waals surface area contributed by atoms with Gasteiger partial charge < -0.3 is 14.4 Å². The van der Waals surface area contributed by atoms with Crippen LogP contribution in [0.15, 0.2) is 61.2 Å². The van der Waals surface area contributed by atoms with Crippen LogP contribution >= 0.6 is 0 Å². The molecule has 0 radical (unpaired) electrons. The van der Waals surface area contributed by atoms with Gasteiger partial charge in [-0.15, -0.1) is 0 Å². The molecule has 2 amide bonds. The second-order valence-electron chi connectivity index (χ2n) is 8.79. The van der Waals surface area contributed by atoms with Crippen molar-refractivity contribution in [1.29, 1.82) is 0 Å². The summed E-state index contributed by atoms with van der Waals surface area (Å²) in [5.41, 5.74) is 3.56. The molecule has 0 aliphatic carbocycles. The van der Waals surface area contributed by atoms with Gasteiger partial charge in [-0.05, 0) is 63.2 Å². The lowest BCUT2D eigenvalue weighted by Gasteiger charge is -2.27. The van der Waals surface area contributed by atoms with E-state index in [1.54, 1.807) is 12.1 Å². The maximum atomic E-state index is 13.0. The van der Waals surface area contributed by atoms with Gasteiger partial charge in [-0.3, -0.25) is 14.9 Å². The molecule has 33 heavy (non-hydrogen) atoms. The van der Waals surface area contributed by atoms with Crippen molar-refractivity contribution in [3.63, 3.8) is 0 Å². The minimum atomic E-state index is -0.200. The van der Waals surface area contributed by atoms with Crippen molar-refractivity contribution >= 4 is 28.8 Å². The zero-order chi connectivity index (χ0) is 23.4. The van der Waals surface area contributed by atoms with Crippen molar-refractivity contribution in [2.75, 3.05) is 32.5 Å². The monoisotopic (exact) mass is 445 g/mol. The third-order valence-corrected chi connectivity index (χ3v) is 6.04. The molecule has 0 spiro atoms. The number of carbonyl (C=O) groups is 2. The number of anilines is 1. The molecule has 1 aliphatic rings. The van der Waals surface area contributed by atoms with E-state index in [-0.39, 0.29) is 17.9 Å². The number of benzene rings is 2. The van der Waals surface area contributed by atoms with E-state index < -0.39 is 0 Å². The van der Waals surface area contributed by atoms with E-state index in [2.05, 4.69) is 27.4 Å². The van der Waals surface area contributed by atoms with Crippen LogP contribution in [0.5, 0.6) is 0 Å². The van der Waals surface area contributed by atoms with E-state index in [0.29, 0.717) is 24.6 Å². The first-order valence-electron chi connectivity index (χ1n) is 11.4. The quantitative estimate of drug-likeness (QED) is 0.580. The Morgan fingerprint density at radius 2 is 1.94 bits per heavy atom. The average Bonchev–Trinajstić information content (AvgIpc) is 3.00. The minimum absolute atomic E-state index is 0.00390. The van der Waals surface area contributed by atoms with Crippen LogP contribution in [0.25, 0.3) is 11.0 Å². The molecule has 3 aromatic rings. The summed E-state index contributed by atoms with van der Waals surface area (Å²) in [5.74, 6) is 0.256. The topological polar surface area (TPSA) is 70.5 Å². The van der Waals surface area contributed by atoms with Gasteiger partial charge in [0.2, 0.25) is 11.9 Å². The number of nitrogens with zero attached hydrogens (tertiary/aromatic N) is 4. The Kier molecular flexibility index (Phi) is 6.89. The predicted octanol–water partition coefficient (Wildman–Crippen LogP) is 4.09. The molecule has 2 aromatic carbocycles. The molecule has 4 rings (SSSR count). The van der Waals surface area contributed by atoms with E-state index in [0.717, 1.165) is 42.4 Å². The summed E-state index contributed by atoms with van der Waals surface area (Å²) in [6.45, 7) is 5.68. The van der Waals surface area contributed by atoms with Crippen LogP contribution in [-0.4, -0.2) is 58.4 Å². The molecule has 1 aliphatic heterocycles. The highest BCUT2D eigenvalue weighted by Gasteiger charge is 2.27. The molecule has 7 nitrogen and oxygen atoms in total. The number of hydrogen-bond acceptors (Lipinski definition) is 4. The molecular weight excluding hydrogens is 414 g/mol. The standard InChI is InChI=1S/C26H31N5O2/c1-4-23(32)30-16-9-8-14-21(18-30)31-24-20(17-29(2)3)13-10-15-22(24)27-26(31)28-25(33)19-11-6-5-7-12-19/h4-7,10-13,15,21H,1,8-9,14,16-18H2,2-3H3,(H,27,28,33)/t21-/m1/s1. The van der Waals surface area contributed by atoms with Gasteiger partial charge in [-0.25, -0.2) is 4.98 Å². The van der Waals surface area contributed by atoms with E-state index in [4.69, 9.17) is 4.98 Å². The number of fused-ring (bicyclic) bond motifs is 1. The molecule has 2 heterocycles. The Labute approximate surface area is 194 Å². The summed E-state index contributed by atoms with van der Waals surface area (Å²) in [4.78, 5) is 34.3. The molecule has 1 fully saturated rings. The third kappa shape index (κ3) is 4.98. The van der Waals surface area contributed by atoms with Crippen LogP contribution in [0, 0.1) is 0 Å². The molecule has 0 unspecified atom stereocenters. The number of nitrogens with one attached hydrogen (secondary N) is 1. The fraction of sp³-hybridized carbons (Fsp3) is 0.346. The fourth-order valence-corrected chi connectivity index (χ4v) is 4.55. The summed E-state index contributed by atoms with van der Waals surface area (Å²) < 4.78 is 2.14. The summed E-state index contributed by atoms with van der Waals surface area (Å²) in [5, 5.41) is 3.05. The van der Waals surface area contributed by atoms with Crippen LogP contribution in [-0.2, 0) is 11.3 Å². The van der Waals surface area contributed by atoms with Crippen LogP contribution in [0.1, 0.15) is 41.2 Å². The van der Waals surface area contributed by atoms with Crippen molar-refractivity contribution in [3.05, 3.63) is 72.3 Å². The minimum Gasteiger partial charge on any atom is -0.337 e. The van der Waals surface area contributed by atoms with E-state index in [9.17, 15) is 9.59 Å². The molecule has 1 atom stereocenters. The summed E-state index contributed by atoms with van der Waals surface area (Å²) in [6, 6.07) is 15.2. The molecule has 1 N–H and O–H groups in total. The number of aromatic nitrogens is 2. The van der Waals surface area contributed by atoms with E-state index in [1.165, 1.54) is 6.08 Å². The highest BCUT2D eigenvalue weighted by molar-refractivity contribution is 6.04. The van der Waals surface area contributed by atoms with Gasteiger partial charge in [0, 0.05) is 25.2 Å². The number of amides is 2. The largest absolute Gasteiger partial charge is 0.337 e. The lowest BCUT2D eigenvalue weighted by molar-refractivity contribution is -0.126. The van der Waals surface area contributed by atoms with Gasteiger partial charge in [-0.2, -0.15) is 0 Å². The SMILES string of the molecule is C=CC(=O)N1CCCC[C@@H](n2c(NC(=O)c3ccccc3)nc3cccc(CN(C)C)c32)C1. The Bertz CT molecular complexity index is 1150. The van der Waals surface area contributed by atoms with Crippen LogP contribution in [0.3, 0.4) is 0 Å². The Balaban J connectivity index is 1.81. The van der Waals surface area contributed by atoms with E-state index in [1.807, 2.05) is 49.3 Å². The highest BCUT2D eigenvalue weighted by Crippen LogP contribution is 2.32. The number of hydrogen-bond donors (Lipinski definition) is 1. The van der Waals surface area contributed by atoms with Crippen molar-refractivity contribution in [1.82, 2.24) is 19.4 Å². The number of imidazole rings is 1. The first kappa shape index (κ1) is 22.7. The van der Waals surface area contributed by atoms with Gasteiger partial charge in [0.1, 0.15) is 0 Å². The maximum Gasteiger partial charge on any atom is 0.257 e. The third-order valence-electron chi connectivity index (χ3n) is 6.04. The molecule has 0 saturated carbocycles. The predicted molar refractivity (Wildman–Crippen MR) is 131 cm³/mol.